The zero-order valence-corrected chi connectivity index (χ0v) is 11.0. The van der Waals surface area contributed by atoms with Crippen molar-refractivity contribution in [1.29, 1.82) is 5.26 Å². The Kier molecular flexibility index (Phi) is 4.48. The zero-order valence-electron chi connectivity index (χ0n) is 11.0. The highest BCUT2D eigenvalue weighted by atomic mass is 19.4. The van der Waals surface area contributed by atoms with Crippen molar-refractivity contribution >= 4 is 11.6 Å². The summed E-state index contributed by atoms with van der Waals surface area (Å²) in [6.45, 7) is 0.482. The molecule has 112 valence electrons. The molecule has 21 heavy (non-hydrogen) atoms. The Morgan fingerprint density at radius 1 is 1.38 bits per heavy atom. The number of carbonyl (C=O) groups excluding carboxylic acids is 1. The molecule has 1 aromatic rings. The molecule has 1 aliphatic heterocycles. The molecule has 1 atom stereocenters. The normalized spacial score (nSPS) is 18.9. The van der Waals surface area contributed by atoms with Crippen molar-refractivity contribution in [2.75, 3.05) is 11.9 Å². The lowest BCUT2D eigenvalue weighted by Gasteiger charge is -2.22. The van der Waals surface area contributed by atoms with E-state index in [1.165, 1.54) is 0 Å². The third kappa shape index (κ3) is 3.73. The molecule has 1 saturated heterocycles. The monoisotopic (exact) mass is 298 g/mol. The average Bonchev–Trinajstić information content (AvgIpc) is 2.47. The molecule has 1 aromatic carbocycles. The van der Waals surface area contributed by atoms with Crippen molar-refractivity contribution in [3.05, 3.63) is 29.3 Å². The largest absolute Gasteiger partial charge is 0.416 e. The Morgan fingerprint density at radius 3 is 2.71 bits per heavy atom. The Labute approximate surface area is 119 Å². The summed E-state index contributed by atoms with van der Waals surface area (Å²) < 4.78 is 43.0. The standard InChI is InChI=1S/C14H13F3N2O2/c15-14(16,17)10-4-5-11(9(7-10)8-18)19-13(20)12-3-1-2-6-21-12/h4-5,7,12H,1-3,6H2,(H,19,20). The first-order valence-electron chi connectivity index (χ1n) is 6.45. The first kappa shape index (κ1) is 15.3. The van der Waals surface area contributed by atoms with Gasteiger partial charge in [-0.3, -0.25) is 4.79 Å². The Hall–Kier alpha value is -2.07. The van der Waals surface area contributed by atoms with Crippen LogP contribution in [0.1, 0.15) is 30.4 Å². The Bertz CT molecular complexity index is 573. The molecule has 0 saturated carbocycles. The second-order valence-corrected chi connectivity index (χ2v) is 4.71. The van der Waals surface area contributed by atoms with Crippen molar-refractivity contribution in [2.24, 2.45) is 0 Å². The summed E-state index contributed by atoms with van der Waals surface area (Å²) in [5, 5.41) is 11.4. The smallest absolute Gasteiger partial charge is 0.368 e. The predicted molar refractivity (Wildman–Crippen MR) is 68.4 cm³/mol. The Balaban J connectivity index is 2.16. The lowest BCUT2D eigenvalue weighted by atomic mass is 10.1. The topological polar surface area (TPSA) is 62.1 Å². The highest BCUT2D eigenvalue weighted by Gasteiger charge is 2.31. The maximum absolute atomic E-state index is 12.6. The number of hydrogen-bond acceptors (Lipinski definition) is 3. The first-order chi connectivity index (χ1) is 9.91. The van der Waals surface area contributed by atoms with Gasteiger partial charge in [0.25, 0.3) is 5.91 Å². The maximum Gasteiger partial charge on any atom is 0.416 e. The number of ether oxygens (including phenoxy) is 1. The molecule has 1 aliphatic rings. The van der Waals surface area contributed by atoms with Crippen LogP contribution in [0.4, 0.5) is 18.9 Å². The van der Waals surface area contributed by atoms with Gasteiger partial charge in [-0.05, 0) is 37.5 Å². The van der Waals surface area contributed by atoms with E-state index in [1.54, 1.807) is 6.07 Å². The zero-order chi connectivity index (χ0) is 15.5. The lowest BCUT2D eigenvalue weighted by Crippen LogP contribution is -2.33. The molecular weight excluding hydrogens is 285 g/mol. The van der Waals surface area contributed by atoms with Crippen LogP contribution in [0.2, 0.25) is 0 Å². The van der Waals surface area contributed by atoms with Gasteiger partial charge in [-0.15, -0.1) is 0 Å². The second kappa shape index (κ2) is 6.14. The molecule has 7 heteroatoms. The van der Waals surface area contributed by atoms with Gasteiger partial charge in [0.05, 0.1) is 16.8 Å². The van der Waals surface area contributed by atoms with Gasteiger partial charge >= 0.3 is 6.18 Å². The molecule has 2 rings (SSSR count). The number of nitrogens with zero attached hydrogens (tertiary/aromatic N) is 1. The van der Waals surface area contributed by atoms with Crippen molar-refractivity contribution in [1.82, 2.24) is 0 Å². The number of halogens is 3. The molecule has 0 aliphatic carbocycles. The van der Waals surface area contributed by atoms with Crippen molar-refractivity contribution in [3.8, 4) is 6.07 Å². The van der Waals surface area contributed by atoms with Crippen LogP contribution >= 0.6 is 0 Å². The van der Waals surface area contributed by atoms with Gasteiger partial charge in [0, 0.05) is 6.61 Å². The van der Waals surface area contributed by atoms with Crippen molar-refractivity contribution < 1.29 is 22.7 Å². The van der Waals surface area contributed by atoms with Gasteiger partial charge in [0.2, 0.25) is 0 Å². The number of anilines is 1. The summed E-state index contributed by atoms with van der Waals surface area (Å²) in [6.07, 6.45) is -2.84. The number of nitrogens with one attached hydrogen (secondary N) is 1. The van der Waals surface area contributed by atoms with Gasteiger partial charge in [-0.1, -0.05) is 0 Å². The lowest BCUT2D eigenvalue weighted by molar-refractivity contribution is -0.137. The van der Waals surface area contributed by atoms with E-state index in [0.717, 1.165) is 31.0 Å². The molecule has 1 N–H and O–H groups in total. The van der Waals surface area contributed by atoms with Crippen LogP contribution in [0.15, 0.2) is 18.2 Å². The van der Waals surface area contributed by atoms with E-state index in [1.807, 2.05) is 0 Å². The molecule has 0 aromatic heterocycles. The van der Waals surface area contributed by atoms with Crippen LogP contribution in [0, 0.1) is 11.3 Å². The summed E-state index contributed by atoms with van der Waals surface area (Å²) in [5.41, 5.74) is -1.09. The van der Waals surface area contributed by atoms with E-state index in [4.69, 9.17) is 10.00 Å². The van der Waals surface area contributed by atoms with Gasteiger partial charge < -0.3 is 10.1 Å². The predicted octanol–water partition coefficient (Wildman–Crippen LogP) is 3.08. The van der Waals surface area contributed by atoms with E-state index >= 15 is 0 Å². The summed E-state index contributed by atoms with van der Waals surface area (Å²) >= 11 is 0. The maximum atomic E-state index is 12.6. The fraction of sp³-hybridized carbons (Fsp3) is 0.429. The molecule has 1 heterocycles. The van der Waals surface area contributed by atoms with Gasteiger partial charge in [-0.2, -0.15) is 18.4 Å². The van der Waals surface area contributed by atoms with E-state index in [-0.39, 0.29) is 11.3 Å². The van der Waals surface area contributed by atoms with E-state index < -0.39 is 23.8 Å². The van der Waals surface area contributed by atoms with Crippen LogP contribution in [0.5, 0.6) is 0 Å². The number of hydrogen-bond donors (Lipinski definition) is 1. The highest BCUT2D eigenvalue weighted by molar-refractivity contribution is 5.95. The third-order valence-corrected chi connectivity index (χ3v) is 3.20. The minimum Gasteiger partial charge on any atom is -0.368 e. The highest BCUT2D eigenvalue weighted by Crippen LogP contribution is 2.31. The van der Waals surface area contributed by atoms with Crippen LogP contribution < -0.4 is 5.32 Å². The van der Waals surface area contributed by atoms with Gasteiger partial charge in [0.15, 0.2) is 0 Å². The Morgan fingerprint density at radius 2 is 2.14 bits per heavy atom. The average molecular weight is 298 g/mol. The van der Waals surface area contributed by atoms with Crippen molar-refractivity contribution in [2.45, 2.75) is 31.5 Å². The fourth-order valence-electron chi connectivity index (χ4n) is 2.08. The number of alkyl halides is 3. The minimum absolute atomic E-state index is 0.0599. The molecule has 1 unspecified atom stereocenters. The molecule has 1 amide bonds. The molecule has 0 spiro atoms. The molecule has 4 nitrogen and oxygen atoms in total. The van der Waals surface area contributed by atoms with Crippen LogP contribution in [-0.4, -0.2) is 18.6 Å². The minimum atomic E-state index is -4.53. The number of amides is 1. The first-order valence-corrected chi connectivity index (χ1v) is 6.45. The van der Waals surface area contributed by atoms with Gasteiger partial charge in [-0.25, -0.2) is 0 Å². The van der Waals surface area contributed by atoms with E-state index in [9.17, 15) is 18.0 Å². The van der Waals surface area contributed by atoms with Crippen LogP contribution in [-0.2, 0) is 15.7 Å². The third-order valence-electron chi connectivity index (χ3n) is 3.20. The summed E-state index contributed by atoms with van der Waals surface area (Å²) in [7, 11) is 0. The number of rotatable bonds is 2. The molecule has 0 radical (unpaired) electrons. The SMILES string of the molecule is N#Cc1cc(C(F)(F)F)ccc1NC(=O)C1CCCCO1. The van der Waals surface area contributed by atoms with Gasteiger partial charge in [0.1, 0.15) is 12.2 Å². The summed E-state index contributed by atoms with van der Waals surface area (Å²) in [5.74, 6) is -0.439. The molecular formula is C14H13F3N2O2. The summed E-state index contributed by atoms with van der Waals surface area (Å²) in [4.78, 5) is 11.9. The number of nitriles is 1. The number of carbonyl (C=O) groups is 1. The second-order valence-electron chi connectivity index (χ2n) is 4.71. The quantitative estimate of drug-likeness (QED) is 0.912. The fourth-order valence-corrected chi connectivity index (χ4v) is 2.08. The summed E-state index contributed by atoms with van der Waals surface area (Å²) in [6, 6.07) is 4.30. The van der Waals surface area contributed by atoms with Crippen LogP contribution in [0.25, 0.3) is 0 Å². The van der Waals surface area contributed by atoms with E-state index in [2.05, 4.69) is 5.32 Å². The molecule has 0 bridgehead atoms. The van der Waals surface area contributed by atoms with E-state index in [0.29, 0.717) is 13.0 Å². The number of benzene rings is 1. The van der Waals surface area contributed by atoms with Crippen molar-refractivity contribution in [3.63, 3.8) is 0 Å². The van der Waals surface area contributed by atoms with Crippen LogP contribution in [0.3, 0.4) is 0 Å². The molecule has 1 fully saturated rings.